The van der Waals surface area contributed by atoms with Crippen molar-refractivity contribution >= 4 is 5.91 Å². The first-order chi connectivity index (χ1) is 7.72. The van der Waals surface area contributed by atoms with Gasteiger partial charge in [0.15, 0.2) is 0 Å². The molecule has 1 aliphatic carbocycles. The van der Waals surface area contributed by atoms with E-state index in [2.05, 4.69) is 11.4 Å². The van der Waals surface area contributed by atoms with Crippen molar-refractivity contribution in [1.29, 1.82) is 0 Å². The van der Waals surface area contributed by atoms with E-state index >= 15 is 0 Å². The normalized spacial score (nSPS) is 17.8. The second-order valence-corrected chi connectivity index (χ2v) is 4.20. The fourth-order valence-electron chi connectivity index (χ4n) is 1.82. The van der Waals surface area contributed by atoms with Crippen LogP contribution in [0.15, 0.2) is 11.6 Å². The third kappa shape index (κ3) is 5.28. The Labute approximate surface area is 96.7 Å². The number of aliphatic hydroxyl groups excluding tert-OH is 1. The molecule has 0 spiro atoms. The molecule has 16 heavy (non-hydrogen) atoms. The van der Waals surface area contributed by atoms with E-state index in [1.807, 2.05) is 0 Å². The maximum Gasteiger partial charge on any atom is 0.224 e. The highest BCUT2D eigenvalue weighted by molar-refractivity contribution is 5.78. The smallest absolute Gasteiger partial charge is 0.224 e. The van der Waals surface area contributed by atoms with Crippen LogP contribution in [0.2, 0.25) is 0 Å². The zero-order valence-corrected chi connectivity index (χ0v) is 9.87. The van der Waals surface area contributed by atoms with E-state index in [1.165, 1.54) is 25.5 Å². The number of methoxy groups -OCH3 is 1. The lowest BCUT2D eigenvalue weighted by molar-refractivity contribution is -0.121. The summed E-state index contributed by atoms with van der Waals surface area (Å²) < 4.78 is 4.77. The summed E-state index contributed by atoms with van der Waals surface area (Å²) in [5, 5.41) is 12.1. The van der Waals surface area contributed by atoms with Gasteiger partial charge in [-0.3, -0.25) is 4.79 Å². The third-order valence-electron chi connectivity index (χ3n) is 2.67. The molecule has 0 heterocycles. The first-order valence-electron chi connectivity index (χ1n) is 5.84. The molecule has 1 unspecified atom stereocenters. The van der Waals surface area contributed by atoms with Gasteiger partial charge in [0, 0.05) is 20.1 Å². The van der Waals surface area contributed by atoms with Gasteiger partial charge in [-0.25, -0.2) is 0 Å². The van der Waals surface area contributed by atoms with Gasteiger partial charge >= 0.3 is 0 Å². The Morgan fingerprint density at radius 3 is 3.06 bits per heavy atom. The molecule has 1 aliphatic rings. The average Bonchev–Trinajstić information content (AvgIpc) is 2.28. The van der Waals surface area contributed by atoms with Crippen LogP contribution in [0.5, 0.6) is 0 Å². The van der Waals surface area contributed by atoms with Crippen LogP contribution in [-0.2, 0) is 9.53 Å². The topological polar surface area (TPSA) is 58.6 Å². The summed E-state index contributed by atoms with van der Waals surface area (Å²) in [4.78, 5) is 11.5. The molecular weight excluding hydrogens is 206 g/mol. The molecule has 0 bridgehead atoms. The summed E-state index contributed by atoms with van der Waals surface area (Å²) in [6.07, 6.45) is 6.56. The Balaban J connectivity index is 2.17. The standard InChI is InChI=1S/C12H21NO3/c1-16-9-11(14)8-13-12(15)7-10-5-3-2-4-6-10/h5,11,14H,2-4,6-9H2,1H3,(H,13,15). The van der Waals surface area contributed by atoms with Crippen molar-refractivity contribution in [1.82, 2.24) is 5.32 Å². The molecule has 1 amide bonds. The van der Waals surface area contributed by atoms with Crippen LogP contribution in [0.1, 0.15) is 32.1 Å². The van der Waals surface area contributed by atoms with Gasteiger partial charge in [-0.1, -0.05) is 11.6 Å². The van der Waals surface area contributed by atoms with Gasteiger partial charge in [0.2, 0.25) is 5.91 Å². The molecular formula is C12H21NO3. The molecule has 0 radical (unpaired) electrons. The van der Waals surface area contributed by atoms with Gasteiger partial charge in [0.1, 0.15) is 0 Å². The van der Waals surface area contributed by atoms with Gasteiger partial charge in [0.05, 0.1) is 12.7 Å². The Kier molecular flexibility index (Phi) is 6.11. The van der Waals surface area contributed by atoms with E-state index < -0.39 is 6.10 Å². The van der Waals surface area contributed by atoms with Crippen molar-refractivity contribution in [3.63, 3.8) is 0 Å². The van der Waals surface area contributed by atoms with E-state index in [9.17, 15) is 9.90 Å². The molecule has 0 aromatic heterocycles. The number of carbonyl (C=O) groups is 1. The molecule has 2 N–H and O–H groups in total. The number of hydrogen-bond donors (Lipinski definition) is 2. The predicted molar refractivity (Wildman–Crippen MR) is 62.1 cm³/mol. The number of hydrogen-bond acceptors (Lipinski definition) is 3. The molecule has 92 valence electrons. The number of nitrogens with one attached hydrogen (secondary N) is 1. The molecule has 0 aromatic rings. The monoisotopic (exact) mass is 227 g/mol. The van der Waals surface area contributed by atoms with Gasteiger partial charge < -0.3 is 15.2 Å². The number of allylic oxidation sites excluding steroid dienone is 1. The Bertz CT molecular complexity index is 251. The molecule has 0 aromatic carbocycles. The number of aliphatic hydroxyl groups is 1. The minimum atomic E-state index is -0.616. The van der Waals surface area contributed by atoms with E-state index in [0.717, 1.165) is 12.8 Å². The lowest BCUT2D eigenvalue weighted by Crippen LogP contribution is -2.34. The summed E-state index contributed by atoms with van der Waals surface area (Å²) in [6.45, 7) is 0.517. The Morgan fingerprint density at radius 1 is 1.62 bits per heavy atom. The maximum absolute atomic E-state index is 11.5. The first-order valence-corrected chi connectivity index (χ1v) is 5.84. The minimum absolute atomic E-state index is 0.0108. The summed E-state index contributed by atoms with van der Waals surface area (Å²) in [5.74, 6) is -0.0108. The zero-order chi connectivity index (χ0) is 11.8. The van der Waals surface area contributed by atoms with Crippen molar-refractivity contribution in [2.75, 3.05) is 20.3 Å². The Morgan fingerprint density at radius 2 is 2.44 bits per heavy atom. The largest absolute Gasteiger partial charge is 0.389 e. The fraction of sp³-hybridized carbons (Fsp3) is 0.750. The molecule has 4 heteroatoms. The predicted octanol–water partition coefficient (Wildman–Crippen LogP) is 1.00. The zero-order valence-electron chi connectivity index (χ0n) is 9.87. The van der Waals surface area contributed by atoms with Crippen molar-refractivity contribution in [3.8, 4) is 0 Å². The number of ether oxygens (including phenoxy) is 1. The minimum Gasteiger partial charge on any atom is -0.389 e. The SMILES string of the molecule is COCC(O)CNC(=O)CC1=CCCCC1. The van der Waals surface area contributed by atoms with Crippen LogP contribution in [-0.4, -0.2) is 37.4 Å². The maximum atomic E-state index is 11.5. The second kappa shape index (κ2) is 7.41. The highest BCUT2D eigenvalue weighted by Crippen LogP contribution is 2.19. The van der Waals surface area contributed by atoms with Gasteiger partial charge in [-0.2, -0.15) is 0 Å². The van der Waals surface area contributed by atoms with Gasteiger partial charge in [-0.05, 0) is 25.7 Å². The number of rotatable bonds is 6. The number of carbonyl (C=O) groups excluding carboxylic acids is 1. The van der Waals surface area contributed by atoms with E-state index in [-0.39, 0.29) is 19.1 Å². The molecule has 1 rings (SSSR count). The van der Waals surface area contributed by atoms with Crippen molar-refractivity contribution < 1.29 is 14.6 Å². The summed E-state index contributed by atoms with van der Waals surface area (Å²) in [7, 11) is 1.53. The van der Waals surface area contributed by atoms with Crippen LogP contribution in [0.3, 0.4) is 0 Å². The lowest BCUT2D eigenvalue weighted by atomic mass is 9.97. The highest BCUT2D eigenvalue weighted by Gasteiger charge is 2.10. The van der Waals surface area contributed by atoms with Crippen molar-refractivity contribution in [2.45, 2.75) is 38.2 Å². The lowest BCUT2D eigenvalue weighted by Gasteiger charge is -2.14. The van der Waals surface area contributed by atoms with Crippen molar-refractivity contribution in [2.24, 2.45) is 0 Å². The second-order valence-electron chi connectivity index (χ2n) is 4.20. The molecule has 4 nitrogen and oxygen atoms in total. The van der Waals surface area contributed by atoms with Crippen molar-refractivity contribution in [3.05, 3.63) is 11.6 Å². The van der Waals surface area contributed by atoms with Gasteiger partial charge in [-0.15, -0.1) is 0 Å². The van der Waals surface area contributed by atoms with Crippen LogP contribution in [0, 0.1) is 0 Å². The Hall–Kier alpha value is -0.870. The van der Waals surface area contributed by atoms with E-state index in [0.29, 0.717) is 6.42 Å². The van der Waals surface area contributed by atoms with E-state index in [1.54, 1.807) is 0 Å². The van der Waals surface area contributed by atoms with Crippen LogP contribution >= 0.6 is 0 Å². The van der Waals surface area contributed by atoms with Crippen LogP contribution in [0.25, 0.3) is 0 Å². The molecule has 0 saturated carbocycles. The molecule has 0 aliphatic heterocycles. The summed E-state index contributed by atoms with van der Waals surface area (Å²) in [5.41, 5.74) is 1.23. The third-order valence-corrected chi connectivity index (χ3v) is 2.67. The molecule has 0 saturated heterocycles. The fourth-order valence-corrected chi connectivity index (χ4v) is 1.82. The quantitative estimate of drug-likeness (QED) is 0.666. The van der Waals surface area contributed by atoms with E-state index in [4.69, 9.17) is 4.74 Å². The van der Waals surface area contributed by atoms with Gasteiger partial charge in [0.25, 0.3) is 0 Å². The summed E-state index contributed by atoms with van der Waals surface area (Å²) in [6, 6.07) is 0. The molecule has 1 atom stereocenters. The highest BCUT2D eigenvalue weighted by atomic mass is 16.5. The average molecular weight is 227 g/mol. The van der Waals surface area contributed by atoms with Crippen LogP contribution in [0.4, 0.5) is 0 Å². The molecule has 0 fully saturated rings. The summed E-state index contributed by atoms with van der Waals surface area (Å²) >= 11 is 0. The van der Waals surface area contributed by atoms with Crippen LogP contribution < -0.4 is 5.32 Å². The first kappa shape index (κ1) is 13.2. The number of amides is 1.